The highest BCUT2D eigenvalue weighted by atomic mass is 15.3. The molecule has 0 spiro atoms. The summed E-state index contributed by atoms with van der Waals surface area (Å²) in [6, 6.07) is 5.64. The maximum atomic E-state index is 4.90. The van der Waals surface area contributed by atoms with Crippen molar-refractivity contribution >= 4 is 11.0 Å². The fourth-order valence-corrected chi connectivity index (χ4v) is 4.61. The molecule has 0 aromatic carbocycles. The van der Waals surface area contributed by atoms with Gasteiger partial charge in [0.2, 0.25) is 0 Å². The minimum absolute atomic E-state index is 0.605. The van der Waals surface area contributed by atoms with Crippen LogP contribution in [-0.2, 0) is 19.5 Å². The highest BCUT2D eigenvalue weighted by Gasteiger charge is 2.26. The van der Waals surface area contributed by atoms with Gasteiger partial charge in [-0.05, 0) is 40.0 Å². The van der Waals surface area contributed by atoms with Crippen LogP contribution < -0.4 is 5.32 Å². The molecule has 2 unspecified atom stereocenters. The first-order valence-corrected chi connectivity index (χ1v) is 9.67. The van der Waals surface area contributed by atoms with Crippen LogP contribution in [0.25, 0.3) is 11.0 Å². The van der Waals surface area contributed by atoms with Gasteiger partial charge in [-0.15, -0.1) is 0 Å². The van der Waals surface area contributed by atoms with E-state index >= 15 is 0 Å². The summed E-state index contributed by atoms with van der Waals surface area (Å²) in [6.45, 7) is 13.3. The summed E-state index contributed by atoms with van der Waals surface area (Å²) in [6.07, 6.45) is 1.13. The maximum Gasteiger partial charge on any atom is 0.0932 e. The van der Waals surface area contributed by atoms with Crippen LogP contribution in [0.3, 0.4) is 0 Å². The van der Waals surface area contributed by atoms with Gasteiger partial charge in [0.05, 0.1) is 11.0 Å². The van der Waals surface area contributed by atoms with Crippen molar-refractivity contribution in [1.82, 2.24) is 24.7 Å². The van der Waals surface area contributed by atoms with Crippen molar-refractivity contribution in [2.24, 2.45) is 0 Å². The monoisotopic (exact) mass is 341 g/mol. The molecule has 0 aliphatic carbocycles. The Morgan fingerprint density at radius 3 is 2.68 bits per heavy atom. The largest absolute Gasteiger partial charge is 0.342 e. The van der Waals surface area contributed by atoms with Gasteiger partial charge in [0, 0.05) is 74.7 Å². The van der Waals surface area contributed by atoms with Crippen molar-refractivity contribution in [1.29, 1.82) is 0 Å². The lowest BCUT2D eigenvalue weighted by Gasteiger charge is -2.39. The molecule has 1 saturated heterocycles. The number of likely N-dealkylation sites (N-methyl/N-ethyl adjacent to an activating group) is 1. The number of aromatic nitrogens is 2. The van der Waals surface area contributed by atoms with Gasteiger partial charge in [0.15, 0.2) is 0 Å². The Hall–Kier alpha value is -1.43. The third kappa shape index (κ3) is 3.09. The summed E-state index contributed by atoms with van der Waals surface area (Å²) in [5, 5.41) is 3.53. The second kappa shape index (κ2) is 6.71. The van der Waals surface area contributed by atoms with Crippen LogP contribution >= 0.6 is 0 Å². The number of nitrogens with zero attached hydrogens (tertiary/aromatic N) is 4. The first kappa shape index (κ1) is 17.0. The summed E-state index contributed by atoms with van der Waals surface area (Å²) in [5.74, 6) is 0. The predicted molar refractivity (Wildman–Crippen MR) is 103 cm³/mol. The second-order valence-corrected chi connectivity index (χ2v) is 7.98. The number of rotatable bonds is 3. The van der Waals surface area contributed by atoms with E-state index in [2.05, 4.69) is 59.6 Å². The van der Waals surface area contributed by atoms with E-state index in [4.69, 9.17) is 4.98 Å². The third-order valence-corrected chi connectivity index (χ3v) is 6.02. The van der Waals surface area contributed by atoms with E-state index in [0.29, 0.717) is 12.1 Å². The number of piperazine rings is 1. The number of hydrogen-bond donors (Lipinski definition) is 1. The van der Waals surface area contributed by atoms with Gasteiger partial charge in [-0.3, -0.25) is 9.88 Å². The average molecular weight is 342 g/mol. The second-order valence-electron chi connectivity index (χ2n) is 7.98. The Balaban J connectivity index is 1.67. The molecule has 0 bridgehead atoms. The van der Waals surface area contributed by atoms with Crippen molar-refractivity contribution in [3.8, 4) is 0 Å². The average Bonchev–Trinajstić information content (AvgIpc) is 2.87. The van der Waals surface area contributed by atoms with Gasteiger partial charge >= 0.3 is 0 Å². The summed E-state index contributed by atoms with van der Waals surface area (Å²) >= 11 is 0. The fourth-order valence-electron chi connectivity index (χ4n) is 4.61. The van der Waals surface area contributed by atoms with E-state index in [1.807, 2.05) is 0 Å². The number of fused-ring (bicyclic) bond motifs is 3. The van der Waals surface area contributed by atoms with Crippen molar-refractivity contribution in [2.45, 2.75) is 52.4 Å². The molecule has 4 heterocycles. The minimum Gasteiger partial charge on any atom is -0.342 e. The highest BCUT2D eigenvalue weighted by Crippen LogP contribution is 2.29. The summed E-state index contributed by atoms with van der Waals surface area (Å²) < 4.78 is 2.56. The number of aryl methyl sites for hydroxylation is 1. The molecule has 0 saturated carbocycles. The molecule has 136 valence electrons. The molecule has 0 radical (unpaired) electrons. The number of pyridine rings is 1. The van der Waals surface area contributed by atoms with Gasteiger partial charge in [-0.2, -0.15) is 0 Å². The lowest BCUT2D eigenvalue weighted by atomic mass is 10.1. The molecule has 5 heteroatoms. The Morgan fingerprint density at radius 2 is 1.92 bits per heavy atom. The predicted octanol–water partition coefficient (Wildman–Crippen LogP) is 2.01. The van der Waals surface area contributed by atoms with Gasteiger partial charge in [0.1, 0.15) is 0 Å². The zero-order valence-electron chi connectivity index (χ0n) is 16.0. The van der Waals surface area contributed by atoms with Crippen LogP contribution in [0.4, 0.5) is 0 Å². The molecule has 4 rings (SSSR count). The van der Waals surface area contributed by atoms with Crippen molar-refractivity contribution in [3.63, 3.8) is 0 Å². The van der Waals surface area contributed by atoms with Crippen molar-refractivity contribution < 1.29 is 0 Å². The number of nitrogens with one attached hydrogen (secondary N) is 1. The van der Waals surface area contributed by atoms with E-state index in [9.17, 15) is 0 Å². The summed E-state index contributed by atoms with van der Waals surface area (Å²) in [5.41, 5.74) is 6.63. The Bertz CT molecular complexity index is 755. The molecule has 2 atom stereocenters. The maximum absolute atomic E-state index is 4.90. The molecule has 2 aromatic heterocycles. The van der Waals surface area contributed by atoms with Crippen LogP contribution in [0.2, 0.25) is 0 Å². The Kier molecular flexibility index (Phi) is 4.56. The third-order valence-electron chi connectivity index (χ3n) is 6.02. The molecule has 1 N–H and O–H groups in total. The number of hydrogen-bond acceptors (Lipinski definition) is 4. The highest BCUT2D eigenvalue weighted by molar-refractivity contribution is 5.82. The molecule has 2 aromatic rings. The Morgan fingerprint density at radius 1 is 1.16 bits per heavy atom. The SMILES string of the molecule is Cc1ccc2c(n1)c1c(n2CCN2C(C)CNCC2C)CCN(C)C1. The lowest BCUT2D eigenvalue weighted by Crippen LogP contribution is -2.55. The molecule has 5 nitrogen and oxygen atoms in total. The first-order valence-electron chi connectivity index (χ1n) is 9.67. The topological polar surface area (TPSA) is 36.3 Å². The van der Waals surface area contributed by atoms with Gasteiger partial charge in [0.25, 0.3) is 0 Å². The molecule has 1 fully saturated rings. The zero-order chi connectivity index (χ0) is 17.6. The lowest BCUT2D eigenvalue weighted by molar-refractivity contribution is 0.112. The van der Waals surface area contributed by atoms with Gasteiger partial charge in [-0.25, -0.2) is 0 Å². The van der Waals surface area contributed by atoms with Crippen LogP contribution in [0.5, 0.6) is 0 Å². The Labute approximate surface area is 151 Å². The van der Waals surface area contributed by atoms with Gasteiger partial charge < -0.3 is 14.8 Å². The summed E-state index contributed by atoms with van der Waals surface area (Å²) in [4.78, 5) is 9.97. The smallest absolute Gasteiger partial charge is 0.0932 e. The zero-order valence-corrected chi connectivity index (χ0v) is 16.0. The van der Waals surface area contributed by atoms with Crippen LogP contribution in [0, 0.1) is 6.92 Å². The fraction of sp³-hybridized carbons (Fsp3) is 0.650. The normalized spacial score (nSPS) is 25.4. The summed E-state index contributed by atoms with van der Waals surface area (Å²) in [7, 11) is 2.21. The van der Waals surface area contributed by atoms with Gasteiger partial charge in [-0.1, -0.05) is 0 Å². The molecule has 0 amide bonds. The molecule has 2 aliphatic rings. The molecular weight excluding hydrogens is 310 g/mol. The molecule has 2 aliphatic heterocycles. The van der Waals surface area contributed by atoms with E-state index in [1.54, 1.807) is 0 Å². The first-order chi connectivity index (χ1) is 12.0. The quantitative estimate of drug-likeness (QED) is 0.927. The van der Waals surface area contributed by atoms with Crippen LogP contribution in [0.15, 0.2) is 12.1 Å². The van der Waals surface area contributed by atoms with Crippen molar-refractivity contribution in [3.05, 3.63) is 29.1 Å². The van der Waals surface area contributed by atoms with E-state index < -0.39 is 0 Å². The van der Waals surface area contributed by atoms with E-state index in [0.717, 1.165) is 51.4 Å². The molecular formula is C20H31N5. The minimum atomic E-state index is 0.605. The van der Waals surface area contributed by atoms with E-state index in [1.165, 1.54) is 22.3 Å². The van der Waals surface area contributed by atoms with Crippen LogP contribution in [-0.4, -0.2) is 64.7 Å². The van der Waals surface area contributed by atoms with E-state index in [-0.39, 0.29) is 0 Å². The van der Waals surface area contributed by atoms with Crippen molar-refractivity contribution in [2.75, 3.05) is 33.2 Å². The van der Waals surface area contributed by atoms with Crippen LogP contribution in [0.1, 0.15) is 30.8 Å². The molecule has 25 heavy (non-hydrogen) atoms. The standard InChI is InChI=1S/C20H31N5/c1-14-5-6-19-20(22-14)17-13-23(4)8-7-18(17)25(19)10-9-24-15(2)11-21-12-16(24)3/h5-6,15-16,21H,7-13H2,1-4H3.